The normalized spacial score (nSPS) is 15.5. The van der Waals surface area contributed by atoms with E-state index in [1.54, 1.807) is 0 Å². The number of hydrogen-bond acceptors (Lipinski definition) is 2. The SMILES string of the molecule is Cc1ccc(N2c3ccc(C(C)(C)C)cc3[Si](C)(C)c3cc(C(C)(C)C)ccc32)cn1. The molecule has 2 nitrogen and oxygen atoms in total. The van der Waals surface area contributed by atoms with E-state index in [1.807, 2.05) is 13.1 Å². The van der Waals surface area contributed by atoms with E-state index in [1.165, 1.54) is 32.9 Å². The maximum Gasteiger partial charge on any atom is 0.117 e. The first-order chi connectivity index (χ1) is 14.3. The molecule has 2 heterocycles. The van der Waals surface area contributed by atoms with Crippen molar-refractivity contribution in [3.8, 4) is 0 Å². The van der Waals surface area contributed by atoms with Crippen molar-refractivity contribution < 1.29 is 0 Å². The average molecular weight is 429 g/mol. The smallest absolute Gasteiger partial charge is 0.117 e. The molecule has 3 heteroatoms. The predicted molar refractivity (Wildman–Crippen MR) is 138 cm³/mol. The molecule has 3 aromatic rings. The second-order valence-electron chi connectivity index (χ2n) is 11.6. The summed E-state index contributed by atoms with van der Waals surface area (Å²) in [4.78, 5) is 7.04. The van der Waals surface area contributed by atoms with Crippen molar-refractivity contribution in [2.45, 2.75) is 72.4 Å². The predicted octanol–water partition coefficient (Wildman–Crippen LogP) is 6.59. The van der Waals surface area contributed by atoms with Crippen molar-refractivity contribution in [1.82, 2.24) is 4.98 Å². The van der Waals surface area contributed by atoms with Gasteiger partial charge in [-0.05, 0) is 63.5 Å². The summed E-state index contributed by atoms with van der Waals surface area (Å²) >= 11 is 0. The van der Waals surface area contributed by atoms with Gasteiger partial charge < -0.3 is 4.90 Å². The summed E-state index contributed by atoms with van der Waals surface area (Å²) in [7, 11) is -1.90. The van der Waals surface area contributed by atoms with E-state index in [9.17, 15) is 0 Å². The molecule has 1 aromatic heterocycles. The third kappa shape index (κ3) is 3.74. The molecule has 0 N–H and O–H groups in total. The molecule has 0 radical (unpaired) electrons. The van der Waals surface area contributed by atoms with Crippen LogP contribution in [0.2, 0.25) is 13.1 Å². The number of nitrogens with zero attached hydrogens (tertiary/aromatic N) is 2. The molecule has 0 aliphatic carbocycles. The fraction of sp³-hybridized carbons (Fsp3) is 0.393. The Morgan fingerprint density at radius 2 is 1.19 bits per heavy atom. The summed E-state index contributed by atoms with van der Waals surface area (Å²) in [5.41, 5.74) is 7.87. The van der Waals surface area contributed by atoms with Gasteiger partial charge in [0, 0.05) is 17.1 Å². The summed E-state index contributed by atoms with van der Waals surface area (Å²) in [6, 6.07) is 18.6. The number of aromatic nitrogens is 1. The van der Waals surface area contributed by atoms with Gasteiger partial charge >= 0.3 is 0 Å². The van der Waals surface area contributed by atoms with E-state index in [4.69, 9.17) is 0 Å². The molecule has 0 bridgehead atoms. The number of aryl methyl sites for hydroxylation is 1. The second-order valence-corrected chi connectivity index (χ2v) is 15.9. The highest BCUT2D eigenvalue weighted by Gasteiger charge is 2.40. The molecule has 0 unspecified atom stereocenters. The highest BCUT2D eigenvalue weighted by molar-refractivity contribution is 7.02. The van der Waals surface area contributed by atoms with Gasteiger partial charge in [0.15, 0.2) is 0 Å². The zero-order valence-electron chi connectivity index (χ0n) is 20.6. The third-order valence-corrected chi connectivity index (χ3v) is 10.2. The lowest BCUT2D eigenvalue weighted by Crippen LogP contribution is -2.59. The molecule has 0 saturated carbocycles. The monoisotopic (exact) mass is 428 g/mol. The zero-order valence-corrected chi connectivity index (χ0v) is 21.6. The summed E-state index contributed by atoms with van der Waals surface area (Å²) in [5, 5.41) is 3.03. The Kier molecular flexibility index (Phi) is 4.97. The van der Waals surface area contributed by atoms with Crippen molar-refractivity contribution in [3.05, 3.63) is 71.5 Å². The van der Waals surface area contributed by atoms with Gasteiger partial charge in [-0.15, -0.1) is 0 Å². The Morgan fingerprint density at radius 3 is 1.58 bits per heavy atom. The molecule has 0 amide bonds. The van der Waals surface area contributed by atoms with Crippen molar-refractivity contribution in [2.75, 3.05) is 4.90 Å². The topological polar surface area (TPSA) is 16.1 Å². The molecule has 0 fully saturated rings. The van der Waals surface area contributed by atoms with Crippen molar-refractivity contribution in [1.29, 1.82) is 0 Å². The summed E-state index contributed by atoms with van der Waals surface area (Å²) in [5.74, 6) is 0. The van der Waals surface area contributed by atoms with E-state index in [0.29, 0.717) is 0 Å². The van der Waals surface area contributed by atoms with Crippen LogP contribution in [0.15, 0.2) is 54.7 Å². The molecule has 1 aliphatic heterocycles. The molecule has 1 aliphatic rings. The third-order valence-electron chi connectivity index (χ3n) is 6.71. The maximum absolute atomic E-state index is 4.62. The number of rotatable bonds is 1. The van der Waals surface area contributed by atoms with Crippen LogP contribution in [0.1, 0.15) is 58.4 Å². The molecule has 0 saturated heterocycles. The lowest BCUT2D eigenvalue weighted by molar-refractivity contribution is 0.590. The van der Waals surface area contributed by atoms with Gasteiger partial charge in [0.05, 0.1) is 11.9 Å². The number of anilines is 3. The van der Waals surface area contributed by atoms with Gasteiger partial charge in [-0.25, -0.2) is 0 Å². The van der Waals surface area contributed by atoms with Gasteiger partial charge in [0.1, 0.15) is 8.07 Å². The van der Waals surface area contributed by atoms with Crippen LogP contribution in [0.4, 0.5) is 17.1 Å². The molecule has 0 spiro atoms. The highest BCUT2D eigenvalue weighted by atomic mass is 28.3. The van der Waals surface area contributed by atoms with Crippen LogP contribution in [-0.4, -0.2) is 13.1 Å². The Hall–Kier alpha value is -2.39. The number of pyridine rings is 1. The molecule has 2 aromatic carbocycles. The minimum Gasteiger partial charge on any atom is -0.309 e. The lowest BCUT2D eigenvalue weighted by atomic mass is 9.86. The molecule has 0 atom stereocenters. The average Bonchev–Trinajstić information content (AvgIpc) is 2.67. The van der Waals surface area contributed by atoms with Crippen LogP contribution < -0.4 is 15.3 Å². The van der Waals surface area contributed by atoms with Crippen LogP contribution in [0.5, 0.6) is 0 Å². The van der Waals surface area contributed by atoms with E-state index < -0.39 is 8.07 Å². The zero-order chi connectivity index (χ0) is 22.8. The van der Waals surface area contributed by atoms with Crippen LogP contribution in [0.25, 0.3) is 0 Å². The Balaban J connectivity index is 2.03. The van der Waals surface area contributed by atoms with Gasteiger partial charge in [-0.2, -0.15) is 0 Å². The van der Waals surface area contributed by atoms with Crippen LogP contribution in [0.3, 0.4) is 0 Å². The summed E-state index contributed by atoms with van der Waals surface area (Å²) in [6.45, 7) is 20.9. The Labute approximate surface area is 189 Å². The first-order valence-corrected chi connectivity index (χ1v) is 14.3. The number of benzene rings is 2. The quantitative estimate of drug-likeness (QED) is 0.406. The minimum absolute atomic E-state index is 0.128. The fourth-order valence-corrected chi connectivity index (χ4v) is 7.54. The minimum atomic E-state index is -1.90. The standard InChI is InChI=1S/C28H36N2Si/c1-19-10-13-22(18-29-19)30-23-14-11-20(27(2,3)4)16-25(23)31(8,9)26-17-21(28(5,6)7)12-15-24(26)30/h10-18H,1-9H3. The first kappa shape index (κ1) is 21.8. The summed E-state index contributed by atoms with van der Waals surface area (Å²) < 4.78 is 0. The van der Waals surface area contributed by atoms with Gasteiger partial charge in [-0.3, -0.25) is 4.98 Å². The van der Waals surface area contributed by atoms with Crippen molar-refractivity contribution in [3.63, 3.8) is 0 Å². The Bertz CT molecular complexity index is 1060. The molecule has 31 heavy (non-hydrogen) atoms. The highest BCUT2D eigenvalue weighted by Crippen LogP contribution is 2.40. The second kappa shape index (κ2) is 7.06. The molecular formula is C28H36N2Si. The van der Waals surface area contributed by atoms with Crippen molar-refractivity contribution in [2.24, 2.45) is 0 Å². The fourth-order valence-electron chi connectivity index (χ4n) is 4.54. The summed E-state index contributed by atoms with van der Waals surface area (Å²) in [6.07, 6.45) is 2.01. The number of hydrogen-bond donors (Lipinski definition) is 0. The van der Waals surface area contributed by atoms with E-state index in [0.717, 1.165) is 11.4 Å². The van der Waals surface area contributed by atoms with Gasteiger partial charge in [0.2, 0.25) is 0 Å². The van der Waals surface area contributed by atoms with Crippen LogP contribution in [0, 0.1) is 6.92 Å². The van der Waals surface area contributed by atoms with E-state index >= 15 is 0 Å². The van der Waals surface area contributed by atoms with E-state index in [-0.39, 0.29) is 10.8 Å². The van der Waals surface area contributed by atoms with Gasteiger partial charge in [-0.1, -0.05) is 78.9 Å². The molecular weight excluding hydrogens is 392 g/mol. The first-order valence-electron chi connectivity index (χ1n) is 11.3. The van der Waals surface area contributed by atoms with Gasteiger partial charge in [0.25, 0.3) is 0 Å². The number of fused-ring (bicyclic) bond motifs is 2. The molecule has 4 rings (SSSR count). The van der Waals surface area contributed by atoms with Crippen LogP contribution >= 0.6 is 0 Å². The van der Waals surface area contributed by atoms with Crippen molar-refractivity contribution >= 4 is 35.5 Å². The Morgan fingerprint density at radius 1 is 0.710 bits per heavy atom. The van der Waals surface area contributed by atoms with E-state index in [2.05, 4.69) is 113 Å². The lowest BCUT2D eigenvalue weighted by Gasteiger charge is -2.42. The largest absolute Gasteiger partial charge is 0.309 e. The molecule has 162 valence electrons. The maximum atomic E-state index is 4.62. The van der Waals surface area contributed by atoms with Crippen LogP contribution in [-0.2, 0) is 10.8 Å².